The molecule has 2 heterocycles. The van der Waals surface area contributed by atoms with Crippen molar-refractivity contribution in [3.8, 4) is 0 Å². The first-order valence-corrected chi connectivity index (χ1v) is 11.9. The maximum atomic E-state index is 13.8. The van der Waals surface area contributed by atoms with Crippen molar-refractivity contribution in [1.29, 1.82) is 0 Å². The summed E-state index contributed by atoms with van der Waals surface area (Å²) < 4.78 is 0. The smallest absolute Gasteiger partial charge is 0.252 e. The van der Waals surface area contributed by atoms with Crippen molar-refractivity contribution in [2.45, 2.75) is 115 Å². The number of carbonyl (C=O) groups excluding carboxylic acids is 1. The number of nitrogens with one attached hydrogen (secondary N) is 2. The number of hydrazine groups is 1. The van der Waals surface area contributed by atoms with Crippen molar-refractivity contribution in [2.75, 3.05) is 6.54 Å². The molecule has 5 rings (SSSR count). The average Bonchev–Trinajstić information content (AvgIpc) is 3.33. The molecular weight excluding hydrogens is 348 g/mol. The monoisotopic (exact) mass is 386 g/mol. The summed E-state index contributed by atoms with van der Waals surface area (Å²) in [7, 11) is 0. The van der Waals surface area contributed by atoms with E-state index in [4.69, 9.17) is 0 Å². The van der Waals surface area contributed by atoms with Crippen LogP contribution < -0.4 is 10.9 Å². The van der Waals surface area contributed by atoms with E-state index >= 15 is 0 Å². The summed E-state index contributed by atoms with van der Waals surface area (Å²) in [5, 5.41) is 0. The van der Waals surface area contributed by atoms with Gasteiger partial charge < -0.3 is 9.80 Å². The van der Waals surface area contributed by atoms with Gasteiger partial charge in [0.1, 0.15) is 0 Å². The van der Waals surface area contributed by atoms with Crippen molar-refractivity contribution in [2.24, 2.45) is 5.92 Å². The van der Waals surface area contributed by atoms with E-state index in [0.29, 0.717) is 42.0 Å². The van der Waals surface area contributed by atoms with Gasteiger partial charge in [0.05, 0.1) is 0 Å². The Hall–Kier alpha value is -1.07. The van der Waals surface area contributed by atoms with Gasteiger partial charge in [0.15, 0.2) is 0 Å². The highest BCUT2D eigenvalue weighted by Gasteiger charge is 2.45. The molecule has 0 aromatic carbocycles. The van der Waals surface area contributed by atoms with Crippen molar-refractivity contribution < 1.29 is 4.79 Å². The summed E-state index contributed by atoms with van der Waals surface area (Å²) in [5.74, 6) is 1.07. The van der Waals surface area contributed by atoms with Crippen LogP contribution in [0.1, 0.15) is 84.5 Å². The van der Waals surface area contributed by atoms with Crippen molar-refractivity contribution in [1.82, 2.24) is 20.7 Å². The third-order valence-electron chi connectivity index (χ3n) is 8.20. The lowest BCUT2D eigenvalue weighted by atomic mass is 9.82. The Balaban J connectivity index is 1.35. The molecule has 28 heavy (non-hydrogen) atoms. The molecule has 4 unspecified atom stereocenters. The lowest BCUT2D eigenvalue weighted by Gasteiger charge is -2.39. The molecule has 2 aliphatic heterocycles. The minimum atomic E-state index is 0.382. The Kier molecular flexibility index (Phi) is 5.16. The number of fused-ring (bicyclic) bond motifs is 1. The quantitative estimate of drug-likeness (QED) is 0.778. The van der Waals surface area contributed by atoms with Crippen LogP contribution in [-0.4, -0.2) is 52.5 Å². The molecule has 1 amide bonds. The molecule has 5 nitrogen and oxygen atoms in total. The van der Waals surface area contributed by atoms with E-state index in [1.807, 2.05) is 0 Å². The predicted molar refractivity (Wildman–Crippen MR) is 111 cm³/mol. The van der Waals surface area contributed by atoms with Gasteiger partial charge in [-0.2, -0.15) is 0 Å². The SMILES string of the molecule is CC1=C(C(=O)N(C2CC2)C2CCC3NNCC3C2)CC(C)N1C1CCCCC1. The first kappa shape index (κ1) is 18.9. The van der Waals surface area contributed by atoms with E-state index in [1.54, 1.807) is 0 Å². The van der Waals surface area contributed by atoms with E-state index in [1.165, 1.54) is 63.5 Å². The zero-order valence-corrected chi connectivity index (χ0v) is 17.8. The molecule has 156 valence electrons. The van der Waals surface area contributed by atoms with Crippen LogP contribution in [0.5, 0.6) is 0 Å². The number of hydrogen-bond donors (Lipinski definition) is 2. The first-order valence-electron chi connectivity index (χ1n) is 11.9. The van der Waals surface area contributed by atoms with Crippen LogP contribution in [0.25, 0.3) is 0 Å². The highest BCUT2D eigenvalue weighted by molar-refractivity contribution is 5.95. The summed E-state index contributed by atoms with van der Waals surface area (Å²) >= 11 is 0. The minimum Gasteiger partial charge on any atom is -0.369 e. The molecule has 0 spiro atoms. The van der Waals surface area contributed by atoms with E-state index in [9.17, 15) is 4.79 Å². The van der Waals surface area contributed by atoms with Crippen LogP contribution in [0.3, 0.4) is 0 Å². The molecule has 0 bridgehead atoms. The average molecular weight is 387 g/mol. The Bertz CT molecular complexity index is 637. The third-order valence-corrected chi connectivity index (χ3v) is 8.20. The molecular formula is C23H38N4O. The number of amides is 1. The lowest BCUT2D eigenvalue weighted by molar-refractivity contribution is -0.131. The zero-order valence-electron chi connectivity index (χ0n) is 17.8. The Morgan fingerprint density at radius 2 is 1.79 bits per heavy atom. The van der Waals surface area contributed by atoms with Gasteiger partial charge in [-0.3, -0.25) is 15.6 Å². The Morgan fingerprint density at radius 3 is 2.54 bits per heavy atom. The first-order chi connectivity index (χ1) is 13.6. The summed E-state index contributed by atoms with van der Waals surface area (Å²) in [5.41, 5.74) is 9.20. The van der Waals surface area contributed by atoms with Gasteiger partial charge in [-0.05, 0) is 71.1 Å². The van der Waals surface area contributed by atoms with E-state index < -0.39 is 0 Å². The molecule has 2 N–H and O–H groups in total. The van der Waals surface area contributed by atoms with E-state index in [0.717, 1.165) is 25.0 Å². The maximum Gasteiger partial charge on any atom is 0.252 e. The topological polar surface area (TPSA) is 47.6 Å². The Morgan fingerprint density at radius 1 is 1.04 bits per heavy atom. The molecule has 5 heteroatoms. The molecule has 5 aliphatic rings. The normalized spacial score (nSPS) is 36.7. The number of rotatable bonds is 4. The number of nitrogens with zero attached hydrogens (tertiary/aromatic N) is 2. The molecule has 4 fully saturated rings. The second kappa shape index (κ2) is 7.64. The van der Waals surface area contributed by atoms with Gasteiger partial charge in [0.25, 0.3) is 5.91 Å². The van der Waals surface area contributed by atoms with Gasteiger partial charge >= 0.3 is 0 Å². The maximum absolute atomic E-state index is 13.8. The molecule has 4 atom stereocenters. The summed E-state index contributed by atoms with van der Waals surface area (Å²) in [6, 6.07) is 2.72. The highest BCUT2D eigenvalue weighted by atomic mass is 16.2. The minimum absolute atomic E-state index is 0.382. The van der Waals surface area contributed by atoms with Crippen LogP contribution in [0.2, 0.25) is 0 Å². The fourth-order valence-corrected chi connectivity index (χ4v) is 6.63. The predicted octanol–water partition coefficient (Wildman–Crippen LogP) is 3.32. The Labute approximate surface area is 170 Å². The third kappa shape index (κ3) is 3.39. The van der Waals surface area contributed by atoms with E-state index in [2.05, 4.69) is 34.5 Å². The van der Waals surface area contributed by atoms with Crippen LogP contribution >= 0.6 is 0 Å². The molecule has 0 aromatic heterocycles. The van der Waals surface area contributed by atoms with Gasteiger partial charge in [0.2, 0.25) is 0 Å². The summed E-state index contributed by atoms with van der Waals surface area (Å²) in [6.07, 6.45) is 13.6. The van der Waals surface area contributed by atoms with Crippen LogP contribution in [0.4, 0.5) is 0 Å². The summed E-state index contributed by atoms with van der Waals surface area (Å²) in [4.78, 5) is 18.8. The highest BCUT2D eigenvalue weighted by Crippen LogP contribution is 2.41. The summed E-state index contributed by atoms with van der Waals surface area (Å²) in [6.45, 7) is 5.63. The van der Waals surface area contributed by atoms with Crippen molar-refractivity contribution in [3.05, 3.63) is 11.3 Å². The van der Waals surface area contributed by atoms with Crippen molar-refractivity contribution in [3.63, 3.8) is 0 Å². The standard InChI is InChI=1S/C23H38N4O/c1-15-12-21(16(2)26(15)18-6-4-3-5-7-18)23(28)27(19-8-9-19)20-10-11-22-17(13-20)14-24-25-22/h15,17-20,22,24-25H,3-14H2,1-2H3. The van der Waals surface area contributed by atoms with Gasteiger partial charge in [-0.25, -0.2) is 0 Å². The fourth-order valence-electron chi connectivity index (χ4n) is 6.63. The largest absolute Gasteiger partial charge is 0.369 e. The second-order valence-electron chi connectivity index (χ2n) is 10.1. The van der Waals surface area contributed by atoms with Crippen LogP contribution in [0.15, 0.2) is 11.3 Å². The number of carbonyl (C=O) groups is 1. The molecule has 1 saturated heterocycles. The molecule has 0 radical (unpaired) electrons. The van der Waals surface area contributed by atoms with Crippen LogP contribution in [-0.2, 0) is 4.79 Å². The van der Waals surface area contributed by atoms with Gasteiger partial charge in [-0.1, -0.05) is 19.3 Å². The van der Waals surface area contributed by atoms with Gasteiger partial charge in [0, 0.05) is 48.0 Å². The van der Waals surface area contributed by atoms with Crippen molar-refractivity contribution >= 4 is 5.91 Å². The molecule has 3 saturated carbocycles. The van der Waals surface area contributed by atoms with Crippen LogP contribution in [0, 0.1) is 5.92 Å². The number of hydrogen-bond acceptors (Lipinski definition) is 4. The molecule has 0 aromatic rings. The van der Waals surface area contributed by atoms with E-state index in [-0.39, 0.29) is 0 Å². The zero-order chi connectivity index (χ0) is 19.3. The second-order valence-corrected chi connectivity index (χ2v) is 10.1. The lowest BCUT2D eigenvalue weighted by Crippen LogP contribution is -2.48. The molecule has 3 aliphatic carbocycles. The van der Waals surface area contributed by atoms with Gasteiger partial charge in [-0.15, -0.1) is 0 Å². The fraction of sp³-hybridized carbons (Fsp3) is 0.870. The number of allylic oxidation sites excluding steroid dienone is 1.